The zero-order chi connectivity index (χ0) is 17.9. The zero-order valence-electron chi connectivity index (χ0n) is 15.2. The lowest BCUT2D eigenvalue weighted by Gasteiger charge is -2.29. The Labute approximate surface area is 154 Å². The van der Waals surface area contributed by atoms with Crippen LogP contribution in [-0.2, 0) is 11.2 Å². The van der Waals surface area contributed by atoms with E-state index < -0.39 is 0 Å². The first-order valence-electron chi connectivity index (χ1n) is 9.36. The molecule has 0 spiro atoms. The largest absolute Gasteiger partial charge is 0.447 e. The summed E-state index contributed by atoms with van der Waals surface area (Å²) in [4.78, 5) is 21.3. The minimum Gasteiger partial charge on any atom is -0.447 e. The van der Waals surface area contributed by atoms with E-state index in [0.29, 0.717) is 18.3 Å². The van der Waals surface area contributed by atoms with Crippen LogP contribution in [0.4, 0.5) is 10.6 Å². The molecule has 1 aromatic carbocycles. The number of benzene rings is 1. The van der Waals surface area contributed by atoms with Crippen LogP contribution in [0.3, 0.4) is 0 Å². The molecule has 2 fully saturated rings. The van der Waals surface area contributed by atoms with Crippen molar-refractivity contribution in [1.29, 1.82) is 0 Å². The number of carbonyl (C=O) groups excluding carboxylic acids is 1. The topological polar surface area (TPSA) is 45.7 Å². The Kier molecular flexibility index (Phi) is 4.89. The van der Waals surface area contributed by atoms with Crippen LogP contribution in [0.5, 0.6) is 0 Å². The van der Waals surface area contributed by atoms with Crippen LogP contribution in [0.15, 0.2) is 48.5 Å². The molecule has 1 atom stereocenters. The standard InChI is InChI=1S/C21H25N3O2/c1-23-12-10-17(11-13-23)19-8-5-9-20(22-19)24-18(15-26-21(24)25)14-16-6-3-2-4-7-16/h2-9,17-18H,10-15H2,1H3. The number of nitrogens with zero attached hydrogens (tertiary/aromatic N) is 3. The van der Waals surface area contributed by atoms with Crippen molar-refractivity contribution in [2.75, 3.05) is 31.6 Å². The lowest BCUT2D eigenvalue weighted by atomic mass is 9.93. The van der Waals surface area contributed by atoms with Gasteiger partial charge >= 0.3 is 6.09 Å². The average Bonchev–Trinajstić information content (AvgIpc) is 3.03. The summed E-state index contributed by atoms with van der Waals surface area (Å²) < 4.78 is 5.34. The summed E-state index contributed by atoms with van der Waals surface area (Å²) >= 11 is 0. The maximum atomic E-state index is 12.4. The lowest BCUT2D eigenvalue weighted by molar-refractivity contribution is 0.178. The van der Waals surface area contributed by atoms with E-state index in [1.165, 1.54) is 5.56 Å². The summed E-state index contributed by atoms with van der Waals surface area (Å²) in [7, 11) is 2.16. The second-order valence-corrected chi connectivity index (χ2v) is 7.29. The Morgan fingerprint density at radius 2 is 1.85 bits per heavy atom. The van der Waals surface area contributed by atoms with Crippen LogP contribution in [0.2, 0.25) is 0 Å². The fraction of sp³-hybridized carbons (Fsp3) is 0.429. The zero-order valence-corrected chi connectivity index (χ0v) is 15.2. The molecule has 136 valence electrons. The molecule has 3 heterocycles. The van der Waals surface area contributed by atoms with Gasteiger partial charge in [-0.1, -0.05) is 36.4 Å². The molecule has 0 N–H and O–H groups in total. The molecule has 2 aliphatic rings. The number of carbonyl (C=O) groups is 1. The summed E-state index contributed by atoms with van der Waals surface area (Å²) in [5.41, 5.74) is 2.29. The third kappa shape index (κ3) is 3.58. The second kappa shape index (κ2) is 7.46. The van der Waals surface area contributed by atoms with E-state index in [-0.39, 0.29) is 12.1 Å². The molecule has 5 heteroatoms. The van der Waals surface area contributed by atoms with Gasteiger partial charge in [0.15, 0.2) is 0 Å². The van der Waals surface area contributed by atoms with Crippen LogP contribution in [0.1, 0.15) is 30.0 Å². The van der Waals surface area contributed by atoms with Gasteiger partial charge in [-0.15, -0.1) is 0 Å². The number of likely N-dealkylation sites (tertiary alicyclic amines) is 1. The molecule has 26 heavy (non-hydrogen) atoms. The highest BCUT2D eigenvalue weighted by Gasteiger charge is 2.35. The molecule has 2 saturated heterocycles. The summed E-state index contributed by atoms with van der Waals surface area (Å²) in [6.07, 6.45) is 2.71. The molecule has 0 saturated carbocycles. The molecule has 4 rings (SSSR count). The Hall–Kier alpha value is -2.40. The highest BCUT2D eigenvalue weighted by Crippen LogP contribution is 2.29. The predicted molar refractivity (Wildman–Crippen MR) is 101 cm³/mol. The molecule has 0 radical (unpaired) electrons. The van der Waals surface area contributed by atoms with Gasteiger partial charge in [-0.05, 0) is 57.1 Å². The fourth-order valence-electron chi connectivity index (χ4n) is 3.88. The number of ether oxygens (including phenoxy) is 1. The van der Waals surface area contributed by atoms with Crippen molar-refractivity contribution in [3.63, 3.8) is 0 Å². The van der Waals surface area contributed by atoms with Gasteiger partial charge in [-0.3, -0.25) is 4.90 Å². The first-order chi connectivity index (χ1) is 12.7. The van der Waals surface area contributed by atoms with Crippen LogP contribution in [-0.4, -0.2) is 48.8 Å². The number of hydrogen-bond donors (Lipinski definition) is 0. The first-order valence-corrected chi connectivity index (χ1v) is 9.36. The smallest absolute Gasteiger partial charge is 0.415 e. The van der Waals surface area contributed by atoms with Crippen molar-refractivity contribution >= 4 is 11.9 Å². The van der Waals surface area contributed by atoms with Crippen LogP contribution in [0, 0.1) is 0 Å². The van der Waals surface area contributed by atoms with Gasteiger partial charge in [0.25, 0.3) is 0 Å². The first kappa shape index (κ1) is 17.0. The van der Waals surface area contributed by atoms with Crippen molar-refractivity contribution in [3.8, 4) is 0 Å². The number of piperidine rings is 1. The highest BCUT2D eigenvalue weighted by atomic mass is 16.6. The Balaban J connectivity index is 1.55. The highest BCUT2D eigenvalue weighted by molar-refractivity contribution is 5.89. The Morgan fingerprint density at radius 3 is 2.62 bits per heavy atom. The van der Waals surface area contributed by atoms with Crippen LogP contribution in [0.25, 0.3) is 0 Å². The molecular weight excluding hydrogens is 326 g/mol. The summed E-state index contributed by atoms with van der Waals surface area (Å²) in [5, 5.41) is 0. The minimum absolute atomic E-state index is 0.00913. The summed E-state index contributed by atoms with van der Waals surface area (Å²) in [6, 6.07) is 16.2. The summed E-state index contributed by atoms with van der Waals surface area (Å²) in [6.45, 7) is 2.60. The van der Waals surface area contributed by atoms with Crippen molar-refractivity contribution < 1.29 is 9.53 Å². The molecule has 0 bridgehead atoms. The van der Waals surface area contributed by atoms with Gasteiger partial charge in [0.05, 0.1) is 6.04 Å². The van der Waals surface area contributed by atoms with Crippen molar-refractivity contribution in [2.24, 2.45) is 0 Å². The van der Waals surface area contributed by atoms with E-state index in [1.54, 1.807) is 4.90 Å². The number of cyclic esters (lactones) is 1. The van der Waals surface area contributed by atoms with Gasteiger partial charge in [-0.2, -0.15) is 0 Å². The monoisotopic (exact) mass is 351 g/mol. The third-order valence-corrected chi connectivity index (χ3v) is 5.41. The van der Waals surface area contributed by atoms with Crippen molar-refractivity contribution in [3.05, 3.63) is 59.8 Å². The van der Waals surface area contributed by atoms with E-state index in [2.05, 4.69) is 30.1 Å². The van der Waals surface area contributed by atoms with E-state index >= 15 is 0 Å². The van der Waals surface area contributed by atoms with Gasteiger partial charge in [0, 0.05) is 11.6 Å². The number of rotatable bonds is 4. The Bertz CT molecular complexity index is 757. The molecule has 2 aromatic rings. The van der Waals surface area contributed by atoms with Gasteiger partial charge in [0.2, 0.25) is 0 Å². The maximum Gasteiger partial charge on any atom is 0.415 e. The van der Waals surface area contributed by atoms with E-state index in [9.17, 15) is 4.79 Å². The SMILES string of the molecule is CN1CCC(c2cccc(N3C(=O)OCC3Cc3ccccc3)n2)CC1. The molecule has 1 amide bonds. The average molecular weight is 351 g/mol. The van der Waals surface area contributed by atoms with Gasteiger partial charge < -0.3 is 9.64 Å². The Morgan fingerprint density at radius 1 is 1.08 bits per heavy atom. The number of pyridine rings is 1. The number of anilines is 1. The third-order valence-electron chi connectivity index (χ3n) is 5.41. The van der Waals surface area contributed by atoms with Crippen LogP contribution < -0.4 is 4.90 Å². The normalized spacial score (nSPS) is 21.8. The number of aromatic nitrogens is 1. The van der Waals surface area contributed by atoms with Crippen LogP contribution >= 0.6 is 0 Å². The quantitative estimate of drug-likeness (QED) is 0.846. The fourth-order valence-corrected chi connectivity index (χ4v) is 3.88. The van der Waals surface area contributed by atoms with E-state index in [1.807, 2.05) is 30.3 Å². The summed E-state index contributed by atoms with van der Waals surface area (Å²) in [5.74, 6) is 1.18. The molecular formula is C21H25N3O2. The molecule has 1 unspecified atom stereocenters. The van der Waals surface area contributed by atoms with Gasteiger partial charge in [-0.25, -0.2) is 9.78 Å². The second-order valence-electron chi connectivity index (χ2n) is 7.29. The lowest BCUT2D eigenvalue weighted by Crippen LogP contribution is -2.36. The van der Waals surface area contributed by atoms with E-state index in [4.69, 9.17) is 9.72 Å². The molecule has 1 aromatic heterocycles. The predicted octanol–water partition coefficient (Wildman–Crippen LogP) is 3.46. The molecule has 5 nitrogen and oxygen atoms in total. The number of hydrogen-bond acceptors (Lipinski definition) is 4. The van der Waals surface area contributed by atoms with E-state index in [0.717, 1.165) is 38.0 Å². The van der Waals surface area contributed by atoms with Crippen molar-refractivity contribution in [2.45, 2.75) is 31.2 Å². The molecule has 0 aliphatic carbocycles. The number of amides is 1. The van der Waals surface area contributed by atoms with Gasteiger partial charge in [0.1, 0.15) is 12.4 Å². The van der Waals surface area contributed by atoms with Crippen molar-refractivity contribution in [1.82, 2.24) is 9.88 Å². The minimum atomic E-state index is -0.293. The maximum absolute atomic E-state index is 12.4. The molecule has 2 aliphatic heterocycles.